The number of esters is 1. The number of carbonyl (C=O) groups is 5. The van der Waals surface area contributed by atoms with Crippen molar-refractivity contribution < 1.29 is 43.7 Å². The number of nitrogens with zero attached hydrogens (tertiary/aromatic N) is 1. The largest absolute Gasteiger partial charge is 0.481 e. The van der Waals surface area contributed by atoms with Crippen LogP contribution < -0.4 is 10.6 Å². The highest BCUT2D eigenvalue weighted by Gasteiger charge is 2.48. The molecule has 400 valence electrons. The summed E-state index contributed by atoms with van der Waals surface area (Å²) in [5.41, 5.74) is -0.653. The lowest BCUT2D eigenvalue weighted by Gasteiger charge is -2.44. The number of rotatable bonds is 33. The fourth-order valence-corrected chi connectivity index (χ4v) is 11.4. The van der Waals surface area contributed by atoms with Crippen molar-refractivity contribution in [1.82, 2.24) is 15.5 Å². The Morgan fingerprint density at radius 3 is 1.87 bits per heavy atom. The van der Waals surface area contributed by atoms with Gasteiger partial charge in [-0.05, 0) is 113 Å². The van der Waals surface area contributed by atoms with Gasteiger partial charge in [-0.1, -0.05) is 153 Å². The molecule has 1 heterocycles. The molecule has 0 radical (unpaired) electrons. The summed E-state index contributed by atoms with van der Waals surface area (Å²) >= 11 is 5.19. The van der Waals surface area contributed by atoms with Gasteiger partial charge in [0, 0.05) is 30.5 Å². The summed E-state index contributed by atoms with van der Waals surface area (Å²) in [5, 5.41) is 26.3. The highest BCUT2D eigenvalue weighted by molar-refractivity contribution is 8.13. The van der Waals surface area contributed by atoms with E-state index in [1.54, 1.807) is 0 Å². The molecule has 3 amide bonds. The number of hydrogen-bond donors (Lipinski definition) is 5. The summed E-state index contributed by atoms with van der Waals surface area (Å²) in [6.07, 6.45) is 13.6. The quantitative estimate of drug-likeness (QED) is 0.0263. The Morgan fingerprint density at radius 1 is 0.761 bits per heavy atom. The van der Waals surface area contributed by atoms with E-state index in [1.165, 1.54) is 38.5 Å². The topological polar surface area (TPSA) is 172 Å². The Kier molecular flexibility index (Phi) is 25.3. The van der Waals surface area contributed by atoms with Gasteiger partial charge in [-0.3, -0.25) is 19.2 Å². The molecular formula is C57H91N3O9S2. The predicted molar refractivity (Wildman–Crippen MR) is 291 cm³/mol. The number of carboxylic acid groups (broad SMARTS) is 1. The van der Waals surface area contributed by atoms with Crippen molar-refractivity contribution in [1.29, 1.82) is 0 Å². The van der Waals surface area contributed by atoms with Gasteiger partial charge in [0.25, 0.3) is 5.24 Å². The van der Waals surface area contributed by atoms with Crippen LogP contribution in [0.5, 0.6) is 0 Å². The first-order chi connectivity index (χ1) is 33.5. The van der Waals surface area contributed by atoms with Gasteiger partial charge in [0.05, 0.1) is 35.6 Å². The van der Waals surface area contributed by atoms with E-state index in [-0.39, 0.29) is 62.0 Å². The predicted octanol–water partition coefficient (Wildman–Crippen LogP) is 12.6. The summed E-state index contributed by atoms with van der Waals surface area (Å²) in [6.45, 7) is 21.2. The molecule has 2 aromatic carbocycles. The number of thioether (sulfide) groups is 1. The van der Waals surface area contributed by atoms with Gasteiger partial charge in [-0.15, -0.1) is 0 Å². The second-order valence-electron chi connectivity index (χ2n) is 22.3. The van der Waals surface area contributed by atoms with Crippen LogP contribution in [0.1, 0.15) is 201 Å². The summed E-state index contributed by atoms with van der Waals surface area (Å²) in [4.78, 5) is 69.1. The number of aliphatic hydroxyl groups excluding tert-OH is 1. The van der Waals surface area contributed by atoms with E-state index in [2.05, 4.69) is 69.2 Å². The molecule has 14 heteroatoms. The maximum Gasteiger partial charge on any atom is 0.407 e. The van der Waals surface area contributed by atoms with Crippen molar-refractivity contribution in [3.05, 3.63) is 70.8 Å². The zero-order chi connectivity index (χ0) is 52.9. The summed E-state index contributed by atoms with van der Waals surface area (Å²) in [7, 11) is 0. The van der Waals surface area contributed by atoms with Gasteiger partial charge in [0.2, 0.25) is 5.91 Å². The number of aliphatic carboxylic acids is 1. The van der Waals surface area contributed by atoms with Crippen LogP contribution in [0.2, 0.25) is 0 Å². The fraction of sp³-hybridized carbons (Fsp3) is 0.702. The molecule has 0 aromatic heterocycles. The first-order valence-corrected chi connectivity index (χ1v) is 28.1. The van der Waals surface area contributed by atoms with Gasteiger partial charge in [-0.2, -0.15) is 12.6 Å². The zero-order valence-electron chi connectivity index (χ0n) is 45.1. The molecule has 3 rings (SSSR count). The molecule has 0 bridgehead atoms. The number of hydrogen-bond acceptors (Lipinski definition) is 10. The number of unbranched alkanes of at least 4 members (excludes halogenated alkanes) is 9. The zero-order valence-corrected chi connectivity index (χ0v) is 46.8. The van der Waals surface area contributed by atoms with Crippen LogP contribution in [0.15, 0.2) is 48.5 Å². The van der Waals surface area contributed by atoms with Crippen LogP contribution in [0.3, 0.4) is 0 Å². The number of carbonyl (C=O) groups excluding carboxylic acids is 4. The highest BCUT2D eigenvalue weighted by Crippen LogP contribution is 2.49. The number of ether oxygens (including phenoxy) is 2. The van der Waals surface area contributed by atoms with E-state index in [4.69, 9.17) is 9.47 Å². The molecule has 1 aliphatic rings. The molecule has 4 N–H and O–H groups in total. The van der Waals surface area contributed by atoms with Crippen LogP contribution in [0.4, 0.5) is 9.59 Å². The van der Waals surface area contributed by atoms with Crippen molar-refractivity contribution in [2.24, 2.45) is 11.3 Å². The van der Waals surface area contributed by atoms with Gasteiger partial charge in [0.15, 0.2) is 0 Å². The lowest BCUT2D eigenvalue weighted by molar-refractivity contribution is -0.160. The lowest BCUT2D eigenvalue weighted by atomic mass is 9.60. The standard InChI is InChI=1S/C57H91N3O9S2/c1-11-13-14-15-16-17-18-19-20-21-32-68-50(65)56(9,39-42(49(63)64)36-47(12-2)60-30-24-29-48(60)62)41-57(10,46-28-23-27-45(38-46)55(7,8)59-52(67)71-35-31-61)40-53(3,4)43-25-22-26-44(37-43)54(5,6)58-51(66)69-33-34-70/h22-23,25-28,37-38,42,47,61,70H,11-21,24,29-36,39-41H2,1-10H3,(H,58,66)(H,59,67)(H,63,64). The Hall–Kier alpha value is -3.75. The van der Waals surface area contributed by atoms with Crippen LogP contribution in [-0.4, -0.2) is 88.2 Å². The Balaban J connectivity index is 2.15. The third-order valence-electron chi connectivity index (χ3n) is 14.6. The molecule has 0 aliphatic carbocycles. The average Bonchev–Trinajstić information content (AvgIpc) is 3.75. The molecule has 2 aromatic rings. The third kappa shape index (κ3) is 19.6. The maximum absolute atomic E-state index is 15.0. The minimum atomic E-state index is -1.29. The van der Waals surface area contributed by atoms with Crippen molar-refractivity contribution >= 4 is 53.6 Å². The molecule has 0 saturated carbocycles. The minimum absolute atomic E-state index is 0.00965. The van der Waals surface area contributed by atoms with E-state index < -0.39 is 51.3 Å². The molecular weight excluding hydrogens is 935 g/mol. The molecule has 1 saturated heterocycles. The number of amides is 3. The van der Waals surface area contributed by atoms with Crippen molar-refractivity contribution in [3.63, 3.8) is 0 Å². The lowest BCUT2D eigenvalue weighted by Crippen LogP contribution is -2.44. The smallest absolute Gasteiger partial charge is 0.407 e. The number of carboxylic acids is 1. The third-order valence-corrected chi connectivity index (χ3v) is 15.5. The van der Waals surface area contributed by atoms with Gasteiger partial charge in [-0.25, -0.2) is 4.79 Å². The Morgan fingerprint density at radius 2 is 1.32 bits per heavy atom. The Bertz CT molecular complexity index is 2010. The molecule has 4 unspecified atom stereocenters. The molecule has 1 aliphatic heterocycles. The number of thiol groups is 1. The molecule has 1 fully saturated rings. The summed E-state index contributed by atoms with van der Waals surface area (Å²) in [6, 6.07) is 15.9. The van der Waals surface area contributed by atoms with Gasteiger partial charge >= 0.3 is 18.0 Å². The second kappa shape index (κ2) is 29.2. The van der Waals surface area contributed by atoms with E-state index in [0.29, 0.717) is 38.0 Å². The number of nitrogens with one attached hydrogen (secondary N) is 2. The minimum Gasteiger partial charge on any atom is -0.481 e. The van der Waals surface area contributed by atoms with E-state index >= 15 is 4.79 Å². The van der Waals surface area contributed by atoms with Crippen LogP contribution in [-0.2, 0) is 45.8 Å². The van der Waals surface area contributed by atoms with E-state index in [0.717, 1.165) is 59.7 Å². The Labute approximate surface area is 437 Å². The van der Waals surface area contributed by atoms with Crippen LogP contribution in [0, 0.1) is 11.3 Å². The number of aliphatic hydroxyl groups is 1. The van der Waals surface area contributed by atoms with Crippen molar-refractivity contribution in [2.75, 3.05) is 37.9 Å². The second-order valence-corrected chi connectivity index (χ2v) is 23.8. The van der Waals surface area contributed by atoms with Crippen LogP contribution in [0.25, 0.3) is 0 Å². The van der Waals surface area contributed by atoms with Crippen molar-refractivity contribution in [3.8, 4) is 0 Å². The average molecular weight is 1030 g/mol. The molecule has 71 heavy (non-hydrogen) atoms. The first kappa shape index (κ1) is 61.5. The highest BCUT2D eigenvalue weighted by atomic mass is 32.2. The van der Waals surface area contributed by atoms with Crippen molar-refractivity contribution in [2.45, 2.75) is 206 Å². The van der Waals surface area contributed by atoms with Gasteiger partial charge < -0.3 is 35.2 Å². The maximum atomic E-state index is 15.0. The summed E-state index contributed by atoms with van der Waals surface area (Å²) in [5.74, 6) is -1.67. The summed E-state index contributed by atoms with van der Waals surface area (Å²) < 4.78 is 11.6. The van der Waals surface area contributed by atoms with E-state index in [9.17, 15) is 29.4 Å². The number of likely N-dealkylation sites (tertiary alicyclic amines) is 1. The molecule has 4 atom stereocenters. The van der Waals surface area contributed by atoms with E-state index in [1.807, 2.05) is 76.8 Å². The molecule has 12 nitrogen and oxygen atoms in total. The number of alkyl carbamates (subject to hydrolysis) is 1. The SMILES string of the molecule is CCCCCCCCCCCCOC(=O)C(C)(CC(CC(CC)N1CCCC1=O)C(=O)O)CC(C)(CC(C)(C)c1cccc(C(C)(C)NC(=O)OCCS)c1)c1cccc(C(C)(C)NC(=O)SCCO)c1. The van der Waals surface area contributed by atoms with Gasteiger partial charge in [0.1, 0.15) is 6.61 Å². The first-order valence-electron chi connectivity index (χ1n) is 26.5. The number of benzene rings is 2. The van der Waals surface area contributed by atoms with Crippen LogP contribution >= 0.6 is 24.4 Å². The fourth-order valence-electron chi connectivity index (χ4n) is 10.7. The molecule has 0 spiro atoms. The normalized spacial score (nSPS) is 15.9. The monoisotopic (exact) mass is 1030 g/mol.